The molecule has 0 spiro atoms. The van der Waals surface area contributed by atoms with Crippen LogP contribution in [0, 0.1) is 5.92 Å². The van der Waals surface area contributed by atoms with Crippen LogP contribution in [0.5, 0.6) is 0 Å². The molecule has 3 atom stereocenters. The van der Waals surface area contributed by atoms with E-state index in [0.717, 1.165) is 0 Å². The number of carboxylic acids is 1. The Morgan fingerprint density at radius 2 is 1.64 bits per heavy atom. The second-order valence-electron chi connectivity index (χ2n) is 8.06. The minimum absolute atomic E-state index is 0.0801. The molecule has 0 rings (SSSR count). The fraction of sp³-hybridized carbons (Fsp3) is 0.800. The molecule has 0 unspecified atom stereocenters. The number of rotatable bonds is 12. The van der Waals surface area contributed by atoms with Gasteiger partial charge >= 0.3 is 11.9 Å². The van der Waals surface area contributed by atoms with Crippen LogP contribution < -0.4 is 10.6 Å². The maximum absolute atomic E-state index is 12.5. The summed E-state index contributed by atoms with van der Waals surface area (Å²) in [4.78, 5) is 47.7. The predicted octanol–water partition coefficient (Wildman–Crippen LogP) is 2.40. The van der Waals surface area contributed by atoms with E-state index < -0.39 is 29.6 Å². The van der Waals surface area contributed by atoms with Crippen molar-refractivity contribution in [3.05, 3.63) is 0 Å². The van der Waals surface area contributed by atoms with Crippen molar-refractivity contribution in [1.29, 1.82) is 0 Å². The van der Waals surface area contributed by atoms with Crippen molar-refractivity contribution in [2.24, 2.45) is 5.92 Å². The number of ether oxygens (including phenoxy) is 1. The molecule has 8 nitrogen and oxygen atoms in total. The number of aliphatic carboxylic acids is 1. The van der Waals surface area contributed by atoms with Crippen LogP contribution in [0.3, 0.4) is 0 Å². The largest absolute Gasteiger partial charge is 0.480 e. The van der Waals surface area contributed by atoms with Crippen molar-refractivity contribution in [3.8, 4) is 0 Å². The molecular formula is C20H36N2O6. The first-order chi connectivity index (χ1) is 12.9. The van der Waals surface area contributed by atoms with Crippen LogP contribution >= 0.6 is 0 Å². The number of hydrogen-bond acceptors (Lipinski definition) is 5. The Balaban J connectivity index is 4.74. The summed E-state index contributed by atoms with van der Waals surface area (Å²) < 4.78 is 5.19. The monoisotopic (exact) mass is 400 g/mol. The van der Waals surface area contributed by atoms with E-state index in [1.807, 2.05) is 20.8 Å². The smallest absolute Gasteiger partial charge is 0.326 e. The van der Waals surface area contributed by atoms with Crippen molar-refractivity contribution in [1.82, 2.24) is 10.6 Å². The Morgan fingerprint density at radius 1 is 1.04 bits per heavy atom. The SMILES string of the molecule is CCC[C@H](NC(=O)[C@@H](NC(=O)CCCC(=O)OC(C)(C)C)[C@@H](C)CC)C(=O)O. The van der Waals surface area contributed by atoms with Gasteiger partial charge in [0, 0.05) is 12.8 Å². The first kappa shape index (κ1) is 25.9. The Kier molecular flexibility index (Phi) is 11.4. The zero-order valence-corrected chi connectivity index (χ0v) is 18.0. The lowest BCUT2D eigenvalue weighted by Gasteiger charge is -2.25. The summed E-state index contributed by atoms with van der Waals surface area (Å²) in [5.41, 5.74) is -0.571. The molecule has 0 bridgehead atoms. The maximum atomic E-state index is 12.5. The molecule has 3 N–H and O–H groups in total. The summed E-state index contributed by atoms with van der Waals surface area (Å²) in [7, 11) is 0. The lowest BCUT2D eigenvalue weighted by atomic mass is 9.97. The van der Waals surface area contributed by atoms with Gasteiger partial charge in [-0.25, -0.2) is 4.79 Å². The quantitative estimate of drug-likeness (QED) is 0.433. The molecule has 0 aliphatic rings. The normalized spacial score (nSPS) is 14.5. The van der Waals surface area contributed by atoms with Gasteiger partial charge in [0.25, 0.3) is 0 Å². The Morgan fingerprint density at radius 3 is 2.11 bits per heavy atom. The molecule has 0 heterocycles. The summed E-state index contributed by atoms with van der Waals surface area (Å²) in [5, 5.41) is 14.4. The van der Waals surface area contributed by atoms with Gasteiger partial charge in [0.2, 0.25) is 11.8 Å². The summed E-state index contributed by atoms with van der Waals surface area (Å²) in [6, 6.07) is -1.80. The molecule has 2 amide bonds. The molecule has 0 radical (unpaired) electrons. The van der Waals surface area contributed by atoms with E-state index in [1.54, 1.807) is 20.8 Å². The number of carboxylic acid groups (broad SMARTS) is 1. The molecule has 0 aromatic carbocycles. The van der Waals surface area contributed by atoms with Gasteiger partial charge < -0.3 is 20.5 Å². The zero-order chi connectivity index (χ0) is 21.9. The van der Waals surface area contributed by atoms with E-state index in [9.17, 15) is 24.3 Å². The van der Waals surface area contributed by atoms with E-state index in [-0.39, 0.29) is 30.6 Å². The lowest BCUT2D eigenvalue weighted by molar-refractivity contribution is -0.155. The zero-order valence-electron chi connectivity index (χ0n) is 18.0. The van der Waals surface area contributed by atoms with Crippen LogP contribution in [-0.4, -0.2) is 46.5 Å². The molecule has 0 fully saturated rings. The van der Waals surface area contributed by atoms with E-state index >= 15 is 0 Å². The van der Waals surface area contributed by atoms with Crippen molar-refractivity contribution < 1.29 is 29.0 Å². The molecule has 28 heavy (non-hydrogen) atoms. The van der Waals surface area contributed by atoms with Gasteiger partial charge in [0.05, 0.1) is 0 Å². The fourth-order valence-electron chi connectivity index (χ4n) is 2.54. The highest BCUT2D eigenvalue weighted by atomic mass is 16.6. The molecule has 0 aromatic heterocycles. The van der Waals surface area contributed by atoms with Gasteiger partial charge in [-0.3, -0.25) is 14.4 Å². The van der Waals surface area contributed by atoms with Gasteiger partial charge in [-0.2, -0.15) is 0 Å². The standard InChI is InChI=1S/C20H36N2O6/c1-7-10-14(19(26)27)21-18(25)17(13(3)8-2)22-15(23)11-9-12-16(24)28-20(4,5)6/h13-14,17H,7-12H2,1-6H3,(H,21,25)(H,22,23)(H,26,27)/t13-,14-,17-/m0/s1. The Labute approximate surface area is 167 Å². The highest BCUT2D eigenvalue weighted by molar-refractivity contribution is 5.90. The summed E-state index contributed by atoms with van der Waals surface area (Å²) in [6.45, 7) is 10.9. The van der Waals surface area contributed by atoms with E-state index in [0.29, 0.717) is 25.7 Å². The first-order valence-electron chi connectivity index (χ1n) is 9.95. The van der Waals surface area contributed by atoms with E-state index in [4.69, 9.17) is 4.74 Å². The van der Waals surface area contributed by atoms with Crippen molar-refractivity contribution in [2.45, 2.75) is 97.8 Å². The third kappa shape index (κ3) is 10.9. The average molecular weight is 401 g/mol. The van der Waals surface area contributed by atoms with Crippen molar-refractivity contribution in [3.63, 3.8) is 0 Å². The molecule has 8 heteroatoms. The van der Waals surface area contributed by atoms with Crippen LogP contribution in [0.2, 0.25) is 0 Å². The number of carbonyl (C=O) groups excluding carboxylic acids is 3. The van der Waals surface area contributed by atoms with Gasteiger partial charge in [0.1, 0.15) is 17.7 Å². The number of carbonyl (C=O) groups is 4. The summed E-state index contributed by atoms with van der Waals surface area (Å²) >= 11 is 0. The van der Waals surface area contributed by atoms with Crippen LogP contribution in [0.15, 0.2) is 0 Å². The molecule has 162 valence electrons. The fourth-order valence-corrected chi connectivity index (χ4v) is 2.54. The van der Waals surface area contributed by atoms with Crippen LogP contribution in [-0.2, 0) is 23.9 Å². The van der Waals surface area contributed by atoms with E-state index in [1.165, 1.54) is 0 Å². The molecule has 0 aromatic rings. The van der Waals surface area contributed by atoms with Crippen LogP contribution in [0.25, 0.3) is 0 Å². The van der Waals surface area contributed by atoms with Crippen LogP contribution in [0.1, 0.15) is 80.1 Å². The molecule has 0 aliphatic carbocycles. The number of amides is 2. The number of esters is 1. The predicted molar refractivity (Wildman–Crippen MR) is 106 cm³/mol. The molecule has 0 saturated heterocycles. The van der Waals surface area contributed by atoms with Gasteiger partial charge in [0.15, 0.2) is 0 Å². The van der Waals surface area contributed by atoms with E-state index in [2.05, 4.69) is 10.6 Å². The highest BCUT2D eigenvalue weighted by Gasteiger charge is 2.29. The van der Waals surface area contributed by atoms with Crippen molar-refractivity contribution in [2.75, 3.05) is 0 Å². The maximum Gasteiger partial charge on any atom is 0.326 e. The molecule has 0 saturated carbocycles. The second-order valence-corrected chi connectivity index (χ2v) is 8.06. The van der Waals surface area contributed by atoms with Gasteiger partial charge in [-0.05, 0) is 39.5 Å². The third-order valence-electron chi connectivity index (χ3n) is 4.21. The highest BCUT2D eigenvalue weighted by Crippen LogP contribution is 2.12. The Hall–Kier alpha value is -2.12. The van der Waals surface area contributed by atoms with Crippen LogP contribution in [0.4, 0.5) is 0 Å². The van der Waals surface area contributed by atoms with Crippen molar-refractivity contribution >= 4 is 23.8 Å². The minimum Gasteiger partial charge on any atom is -0.480 e. The Bertz CT molecular complexity index is 541. The average Bonchev–Trinajstić information content (AvgIpc) is 2.56. The lowest BCUT2D eigenvalue weighted by Crippen LogP contribution is -2.54. The van der Waals surface area contributed by atoms with Gasteiger partial charge in [-0.1, -0.05) is 33.6 Å². The number of hydrogen-bond donors (Lipinski definition) is 3. The molecule has 0 aliphatic heterocycles. The summed E-state index contributed by atoms with van der Waals surface area (Å²) in [5.74, 6) is -2.49. The minimum atomic E-state index is -1.10. The topological polar surface area (TPSA) is 122 Å². The third-order valence-corrected chi connectivity index (χ3v) is 4.21. The second kappa shape index (κ2) is 12.4. The van der Waals surface area contributed by atoms with Gasteiger partial charge in [-0.15, -0.1) is 0 Å². The molecular weight excluding hydrogens is 364 g/mol. The summed E-state index contributed by atoms with van der Waals surface area (Å²) in [6.07, 6.45) is 2.07. The number of nitrogens with one attached hydrogen (secondary N) is 2. The first-order valence-corrected chi connectivity index (χ1v) is 9.95.